The maximum Gasteiger partial charge on any atom is 0.323 e. The summed E-state index contributed by atoms with van der Waals surface area (Å²) in [7, 11) is 0. The number of anilines is 3. The van der Waals surface area contributed by atoms with Crippen LogP contribution in [0.5, 0.6) is 0 Å². The number of benzene rings is 2. The van der Waals surface area contributed by atoms with Crippen molar-refractivity contribution in [1.29, 1.82) is 0 Å². The molecule has 140 valence electrons. The standard InChI is InChI=1S/C17H18Cl2FN3O3/c18-10-5-15(19)14(1-3-24)16(6-10)23-17(26)22-13-8-11(20)7-12(9-13)21-2-4-25/h5-9,21,24-25H,1-4H2,(H2,22,23,26). The molecule has 2 aromatic rings. The quantitative estimate of drug-likeness (QED) is 0.488. The average molecular weight is 402 g/mol. The summed E-state index contributed by atoms with van der Waals surface area (Å²) < 4.78 is 13.7. The molecule has 0 aliphatic rings. The highest BCUT2D eigenvalue weighted by Gasteiger charge is 2.12. The van der Waals surface area contributed by atoms with Crippen molar-refractivity contribution in [2.45, 2.75) is 6.42 Å². The van der Waals surface area contributed by atoms with Crippen LogP contribution in [-0.4, -0.2) is 36.0 Å². The molecule has 2 rings (SSSR count). The summed E-state index contributed by atoms with van der Waals surface area (Å²) in [5.41, 5.74) is 1.53. The van der Waals surface area contributed by atoms with Gasteiger partial charge in [0, 0.05) is 40.3 Å². The van der Waals surface area contributed by atoms with Crippen molar-refractivity contribution in [3.05, 3.63) is 51.8 Å². The smallest absolute Gasteiger partial charge is 0.323 e. The Morgan fingerprint density at radius 3 is 2.42 bits per heavy atom. The molecule has 0 aliphatic heterocycles. The molecule has 6 nitrogen and oxygen atoms in total. The predicted octanol–water partition coefficient (Wildman–Crippen LogP) is 3.72. The average Bonchev–Trinajstić information content (AvgIpc) is 2.55. The van der Waals surface area contributed by atoms with Crippen LogP contribution in [0.25, 0.3) is 0 Å². The zero-order valence-corrected chi connectivity index (χ0v) is 15.2. The molecule has 0 unspecified atom stereocenters. The Bertz CT molecular complexity index is 790. The maximum atomic E-state index is 13.7. The molecule has 0 heterocycles. The van der Waals surface area contributed by atoms with Gasteiger partial charge in [-0.25, -0.2) is 9.18 Å². The van der Waals surface area contributed by atoms with Gasteiger partial charge in [0.05, 0.1) is 6.61 Å². The molecule has 9 heteroatoms. The number of rotatable bonds is 7. The normalized spacial score (nSPS) is 10.5. The number of amides is 2. The Hall–Kier alpha value is -2.06. The first-order valence-electron chi connectivity index (χ1n) is 7.75. The molecule has 26 heavy (non-hydrogen) atoms. The number of hydrogen-bond acceptors (Lipinski definition) is 4. The Morgan fingerprint density at radius 1 is 1.00 bits per heavy atom. The second kappa shape index (κ2) is 9.59. The monoisotopic (exact) mass is 401 g/mol. The fraction of sp³-hybridized carbons (Fsp3) is 0.235. The van der Waals surface area contributed by atoms with E-state index < -0.39 is 11.8 Å². The summed E-state index contributed by atoms with van der Waals surface area (Å²) in [6, 6.07) is 6.33. The van der Waals surface area contributed by atoms with Crippen LogP contribution in [0.3, 0.4) is 0 Å². The van der Waals surface area contributed by atoms with E-state index in [4.69, 9.17) is 33.4 Å². The summed E-state index contributed by atoms with van der Waals surface area (Å²) in [4.78, 5) is 12.2. The molecule has 0 bridgehead atoms. The molecule has 5 N–H and O–H groups in total. The molecule has 0 fully saturated rings. The van der Waals surface area contributed by atoms with Crippen LogP contribution in [0, 0.1) is 5.82 Å². The predicted molar refractivity (Wildman–Crippen MR) is 102 cm³/mol. The molecular weight excluding hydrogens is 384 g/mol. The van der Waals surface area contributed by atoms with E-state index in [-0.39, 0.29) is 31.9 Å². The summed E-state index contributed by atoms with van der Waals surface area (Å²) in [6.07, 6.45) is 0.237. The molecule has 0 atom stereocenters. The topological polar surface area (TPSA) is 93.6 Å². The Morgan fingerprint density at radius 2 is 1.73 bits per heavy atom. The van der Waals surface area contributed by atoms with Gasteiger partial charge < -0.3 is 26.2 Å². The lowest BCUT2D eigenvalue weighted by Gasteiger charge is -2.14. The highest BCUT2D eigenvalue weighted by atomic mass is 35.5. The van der Waals surface area contributed by atoms with Gasteiger partial charge in [-0.2, -0.15) is 0 Å². The second-order valence-corrected chi connectivity index (χ2v) is 6.19. The highest BCUT2D eigenvalue weighted by Crippen LogP contribution is 2.30. The third kappa shape index (κ3) is 5.74. The number of nitrogens with one attached hydrogen (secondary N) is 3. The molecule has 0 radical (unpaired) electrons. The molecule has 0 spiro atoms. The fourth-order valence-electron chi connectivity index (χ4n) is 2.33. The van der Waals surface area contributed by atoms with Crippen LogP contribution >= 0.6 is 23.2 Å². The Balaban J connectivity index is 2.15. The van der Waals surface area contributed by atoms with E-state index in [1.165, 1.54) is 24.3 Å². The van der Waals surface area contributed by atoms with E-state index in [1.54, 1.807) is 0 Å². The van der Waals surface area contributed by atoms with E-state index in [0.29, 0.717) is 27.0 Å². The van der Waals surface area contributed by atoms with Crippen LogP contribution in [0.15, 0.2) is 30.3 Å². The molecule has 0 saturated carbocycles. The highest BCUT2D eigenvalue weighted by molar-refractivity contribution is 6.35. The second-order valence-electron chi connectivity index (χ2n) is 5.35. The van der Waals surface area contributed by atoms with Crippen molar-refractivity contribution < 1.29 is 19.4 Å². The number of carbonyl (C=O) groups is 1. The van der Waals surface area contributed by atoms with Crippen LogP contribution in [0.1, 0.15) is 5.56 Å². The van der Waals surface area contributed by atoms with Crippen LogP contribution < -0.4 is 16.0 Å². The van der Waals surface area contributed by atoms with Gasteiger partial charge in [-0.3, -0.25) is 0 Å². The fourth-order valence-corrected chi connectivity index (χ4v) is 2.92. The van der Waals surface area contributed by atoms with Crippen LogP contribution in [-0.2, 0) is 6.42 Å². The third-order valence-electron chi connectivity index (χ3n) is 3.37. The van der Waals surface area contributed by atoms with Crippen molar-refractivity contribution in [3.8, 4) is 0 Å². The Kier molecular flexibility index (Phi) is 7.47. The number of halogens is 3. The minimum Gasteiger partial charge on any atom is -0.396 e. The van der Waals surface area contributed by atoms with Gasteiger partial charge in [0.15, 0.2) is 0 Å². The summed E-state index contributed by atoms with van der Waals surface area (Å²) in [5, 5.41) is 26.5. The molecule has 0 saturated heterocycles. The van der Waals surface area contributed by atoms with Gasteiger partial charge in [-0.15, -0.1) is 0 Å². The largest absolute Gasteiger partial charge is 0.396 e. The van der Waals surface area contributed by atoms with Crippen molar-refractivity contribution >= 4 is 46.3 Å². The van der Waals surface area contributed by atoms with Crippen LogP contribution in [0.4, 0.5) is 26.2 Å². The first-order chi connectivity index (χ1) is 12.4. The number of carbonyl (C=O) groups excluding carboxylic acids is 1. The molecule has 0 aromatic heterocycles. The number of aliphatic hydroxyl groups is 2. The summed E-state index contributed by atoms with van der Waals surface area (Å²) >= 11 is 12.1. The van der Waals surface area contributed by atoms with Gasteiger partial charge >= 0.3 is 6.03 Å². The number of aliphatic hydroxyl groups excluding tert-OH is 2. The molecular formula is C17H18Cl2FN3O3. The van der Waals surface area contributed by atoms with E-state index in [0.717, 1.165) is 6.07 Å². The zero-order valence-electron chi connectivity index (χ0n) is 13.7. The van der Waals surface area contributed by atoms with E-state index in [9.17, 15) is 9.18 Å². The molecule has 2 amide bonds. The van der Waals surface area contributed by atoms with Gasteiger partial charge in [0.1, 0.15) is 5.82 Å². The number of urea groups is 1. The minimum absolute atomic E-state index is 0.108. The van der Waals surface area contributed by atoms with Crippen molar-refractivity contribution in [1.82, 2.24) is 0 Å². The lowest BCUT2D eigenvalue weighted by Crippen LogP contribution is -2.21. The van der Waals surface area contributed by atoms with Gasteiger partial charge in [0.2, 0.25) is 0 Å². The first kappa shape index (κ1) is 20.3. The van der Waals surface area contributed by atoms with Crippen molar-refractivity contribution in [2.24, 2.45) is 0 Å². The van der Waals surface area contributed by atoms with Gasteiger partial charge in [-0.1, -0.05) is 23.2 Å². The van der Waals surface area contributed by atoms with Crippen molar-refractivity contribution in [2.75, 3.05) is 35.7 Å². The molecule has 2 aromatic carbocycles. The summed E-state index contributed by atoms with van der Waals surface area (Å²) in [5.74, 6) is -0.546. The first-order valence-corrected chi connectivity index (χ1v) is 8.50. The maximum absolute atomic E-state index is 13.7. The van der Waals surface area contributed by atoms with E-state index in [1.807, 2.05) is 0 Å². The van der Waals surface area contributed by atoms with Gasteiger partial charge in [-0.05, 0) is 42.3 Å². The van der Waals surface area contributed by atoms with Gasteiger partial charge in [0.25, 0.3) is 0 Å². The minimum atomic E-state index is -0.624. The van der Waals surface area contributed by atoms with Crippen LogP contribution in [0.2, 0.25) is 10.0 Å². The van der Waals surface area contributed by atoms with E-state index >= 15 is 0 Å². The lowest BCUT2D eigenvalue weighted by atomic mass is 10.1. The SMILES string of the molecule is O=C(Nc1cc(F)cc(NCCO)c1)Nc1cc(Cl)cc(Cl)c1CCO. The zero-order chi connectivity index (χ0) is 19.1. The third-order valence-corrected chi connectivity index (χ3v) is 3.92. The lowest BCUT2D eigenvalue weighted by molar-refractivity contribution is 0.262. The van der Waals surface area contributed by atoms with E-state index in [2.05, 4.69) is 16.0 Å². The Labute approximate surface area is 159 Å². The van der Waals surface area contributed by atoms with Crippen molar-refractivity contribution in [3.63, 3.8) is 0 Å². The molecule has 0 aliphatic carbocycles. The summed E-state index contributed by atoms with van der Waals surface area (Å²) in [6.45, 7) is -0.00895. The number of hydrogen-bond donors (Lipinski definition) is 5.